The minimum Gasteiger partial charge on any atom is -0.356 e. The van der Waals surface area contributed by atoms with E-state index in [4.69, 9.17) is 4.74 Å². The highest BCUT2D eigenvalue weighted by Crippen LogP contribution is 2.32. The molecule has 0 unspecified atom stereocenters. The average molecular weight is 357 g/mol. The molecule has 1 aromatic carbocycles. The monoisotopic (exact) mass is 357 g/mol. The Morgan fingerprint density at radius 2 is 2.12 bits per heavy atom. The number of carbonyl (C=O) groups excluding carboxylic acids is 2. The predicted molar refractivity (Wildman–Crippen MR) is 93.9 cm³/mol. The van der Waals surface area contributed by atoms with Crippen molar-refractivity contribution in [3.05, 3.63) is 48.3 Å². The van der Waals surface area contributed by atoms with Crippen LogP contribution in [0.2, 0.25) is 0 Å². The van der Waals surface area contributed by atoms with Crippen molar-refractivity contribution >= 4 is 11.8 Å². The maximum Gasteiger partial charge on any atom is 0.251 e. The van der Waals surface area contributed by atoms with Gasteiger partial charge in [-0.05, 0) is 19.4 Å². The molecule has 1 fully saturated rings. The minimum atomic E-state index is -0.756. The summed E-state index contributed by atoms with van der Waals surface area (Å²) in [7, 11) is 0. The smallest absolute Gasteiger partial charge is 0.251 e. The lowest BCUT2D eigenvalue weighted by atomic mass is 9.96. The molecule has 1 N–H and O–H groups in total. The third-order valence-corrected chi connectivity index (χ3v) is 4.33. The SMILES string of the molecule is CC(C)N1C(=O)CO[C@H](C(=O)NCCn2ccnn2)[C@H]1c1ccccc1. The quantitative estimate of drug-likeness (QED) is 0.825. The van der Waals surface area contributed by atoms with Gasteiger partial charge in [-0.2, -0.15) is 0 Å². The lowest BCUT2D eigenvalue weighted by Crippen LogP contribution is -2.56. The lowest BCUT2D eigenvalue weighted by Gasteiger charge is -2.42. The number of morpholine rings is 1. The van der Waals surface area contributed by atoms with Gasteiger partial charge in [0.05, 0.1) is 18.8 Å². The molecule has 2 amide bonds. The summed E-state index contributed by atoms with van der Waals surface area (Å²) >= 11 is 0. The lowest BCUT2D eigenvalue weighted by molar-refractivity contribution is -0.167. The molecule has 1 aliphatic rings. The van der Waals surface area contributed by atoms with E-state index in [0.29, 0.717) is 13.1 Å². The highest BCUT2D eigenvalue weighted by molar-refractivity contribution is 5.86. The Hall–Kier alpha value is -2.74. The van der Waals surface area contributed by atoms with Gasteiger partial charge in [-0.15, -0.1) is 5.10 Å². The molecular formula is C18H23N5O3. The molecule has 2 aromatic rings. The molecule has 1 aliphatic heterocycles. The zero-order chi connectivity index (χ0) is 18.5. The largest absolute Gasteiger partial charge is 0.356 e. The van der Waals surface area contributed by atoms with Gasteiger partial charge >= 0.3 is 0 Å². The van der Waals surface area contributed by atoms with E-state index in [2.05, 4.69) is 15.6 Å². The summed E-state index contributed by atoms with van der Waals surface area (Å²) in [6.45, 7) is 4.71. The zero-order valence-electron chi connectivity index (χ0n) is 14.9. The van der Waals surface area contributed by atoms with Crippen molar-refractivity contribution in [1.29, 1.82) is 0 Å². The molecule has 2 heterocycles. The van der Waals surface area contributed by atoms with Crippen LogP contribution in [0.4, 0.5) is 0 Å². The molecule has 0 spiro atoms. The maximum atomic E-state index is 12.8. The van der Waals surface area contributed by atoms with Gasteiger partial charge in [0.1, 0.15) is 6.61 Å². The van der Waals surface area contributed by atoms with Crippen LogP contribution < -0.4 is 5.32 Å². The molecule has 8 nitrogen and oxygen atoms in total. The molecule has 0 saturated carbocycles. The average Bonchev–Trinajstić information content (AvgIpc) is 3.15. The van der Waals surface area contributed by atoms with Crippen LogP contribution in [-0.4, -0.2) is 57.0 Å². The van der Waals surface area contributed by atoms with E-state index in [0.717, 1.165) is 5.56 Å². The van der Waals surface area contributed by atoms with Gasteiger partial charge in [-0.3, -0.25) is 14.3 Å². The second kappa shape index (κ2) is 8.09. The third kappa shape index (κ3) is 3.91. The third-order valence-electron chi connectivity index (χ3n) is 4.33. The molecule has 0 aliphatic carbocycles. The number of nitrogens with one attached hydrogen (secondary N) is 1. The van der Waals surface area contributed by atoms with Gasteiger partial charge in [0.2, 0.25) is 5.91 Å². The summed E-state index contributed by atoms with van der Waals surface area (Å²) in [5, 5.41) is 10.5. The van der Waals surface area contributed by atoms with Gasteiger partial charge < -0.3 is 15.0 Å². The molecule has 1 aromatic heterocycles. The molecule has 26 heavy (non-hydrogen) atoms. The number of hydrogen-bond acceptors (Lipinski definition) is 5. The van der Waals surface area contributed by atoms with Crippen molar-refractivity contribution in [1.82, 2.24) is 25.2 Å². The molecule has 2 atom stereocenters. The Bertz CT molecular complexity index is 733. The van der Waals surface area contributed by atoms with Crippen molar-refractivity contribution in [2.75, 3.05) is 13.2 Å². The van der Waals surface area contributed by atoms with E-state index < -0.39 is 12.1 Å². The summed E-state index contributed by atoms with van der Waals surface area (Å²) < 4.78 is 7.29. The van der Waals surface area contributed by atoms with E-state index >= 15 is 0 Å². The summed E-state index contributed by atoms with van der Waals surface area (Å²) in [6, 6.07) is 9.03. The van der Waals surface area contributed by atoms with Crippen LogP contribution in [0.25, 0.3) is 0 Å². The van der Waals surface area contributed by atoms with E-state index in [9.17, 15) is 9.59 Å². The van der Waals surface area contributed by atoms with Crippen LogP contribution >= 0.6 is 0 Å². The first-order valence-corrected chi connectivity index (χ1v) is 8.67. The summed E-state index contributed by atoms with van der Waals surface area (Å²) in [5.74, 6) is -0.349. The predicted octanol–water partition coefficient (Wildman–Crippen LogP) is 0.771. The fraction of sp³-hybridized carbons (Fsp3) is 0.444. The van der Waals surface area contributed by atoms with Crippen molar-refractivity contribution < 1.29 is 14.3 Å². The topological polar surface area (TPSA) is 89.4 Å². The standard InChI is InChI=1S/C18H23N5O3/c1-13(2)23-15(24)12-26-17(16(23)14-6-4-3-5-7-14)18(25)19-8-10-22-11-9-20-21-22/h3-7,9,11,13,16-17H,8,10,12H2,1-2H3,(H,19,25)/t16-,17+/m1/s1. The number of hydrogen-bond donors (Lipinski definition) is 1. The highest BCUT2D eigenvalue weighted by atomic mass is 16.5. The summed E-state index contributed by atoms with van der Waals surface area (Å²) in [6.07, 6.45) is 2.56. The Morgan fingerprint density at radius 3 is 2.77 bits per heavy atom. The number of amides is 2. The normalized spacial score (nSPS) is 20.4. The minimum absolute atomic E-state index is 0.0398. The van der Waals surface area contributed by atoms with Crippen LogP contribution in [0.3, 0.4) is 0 Å². The number of rotatable bonds is 6. The van der Waals surface area contributed by atoms with Crippen molar-refractivity contribution in [2.24, 2.45) is 0 Å². The van der Waals surface area contributed by atoms with Gasteiger partial charge in [-0.1, -0.05) is 35.5 Å². The fourth-order valence-corrected chi connectivity index (χ4v) is 3.19. The van der Waals surface area contributed by atoms with E-state index in [1.807, 2.05) is 44.2 Å². The van der Waals surface area contributed by atoms with E-state index in [1.54, 1.807) is 22.0 Å². The molecule has 0 radical (unpaired) electrons. The maximum absolute atomic E-state index is 12.8. The molecular weight excluding hydrogens is 334 g/mol. The van der Waals surface area contributed by atoms with Crippen molar-refractivity contribution in [3.8, 4) is 0 Å². The molecule has 1 saturated heterocycles. The molecule has 138 valence electrons. The Morgan fingerprint density at radius 1 is 1.35 bits per heavy atom. The Balaban J connectivity index is 1.76. The van der Waals surface area contributed by atoms with Crippen LogP contribution in [0.15, 0.2) is 42.7 Å². The Labute approximate surface area is 152 Å². The summed E-state index contributed by atoms with van der Waals surface area (Å²) in [4.78, 5) is 26.9. The van der Waals surface area contributed by atoms with Crippen molar-refractivity contribution in [2.45, 2.75) is 38.6 Å². The van der Waals surface area contributed by atoms with E-state index in [-0.39, 0.29) is 24.5 Å². The van der Waals surface area contributed by atoms with Crippen LogP contribution in [0, 0.1) is 0 Å². The van der Waals surface area contributed by atoms with Crippen LogP contribution in [-0.2, 0) is 20.9 Å². The van der Waals surface area contributed by atoms with Gasteiger partial charge in [0.25, 0.3) is 5.91 Å². The van der Waals surface area contributed by atoms with Gasteiger partial charge in [-0.25, -0.2) is 0 Å². The molecule has 3 rings (SSSR count). The number of nitrogens with zero attached hydrogens (tertiary/aromatic N) is 4. The first kappa shape index (κ1) is 18.1. The summed E-state index contributed by atoms with van der Waals surface area (Å²) in [5.41, 5.74) is 0.880. The second-order valence-electron chi connectivity index (χ2n) is 6.44. The van der Waals surface area contributed by atoms with Crippen LogP contribution in [0.1, 0.15) is 25.5 Å². The zero-order valence-corrected chi connectivity index (χ0v) is 14.9. The van der Waals surface area contributed by atoms with Gasteiger partial charge in [0, 0.05) is 18.8 Å². The number of carbonyl (C=O) groups is 2. The number of aromatic nitrogens is 3. The van der Waals surface area contributed by atoms with E-state index in [1.165, 1.54) is 0 Å². The Kier molecular flexibility index (Phi) is 5.62. The highest BCUT2D eigenvalue weighted by Gasteiger charge is 2.42. The first-order chi connectivity index (χ1) is 12.6. The first-order valence-electron chi connectivity index (χ1n) is 8.67. The van der Waals surface area contributed by atoms with Gasteiger partial charge in [0.15, 0.2) is 6.10 Å². The van der Waals surface area contributed by atoms with Crippen LogP contribution in [0.5, 0.6) is 0 Å². The number of ether oxygens (including phenoxy) is 1. The molecule has 0 bridgehead atoms. The number of benzene rings is 1. The van der Waals surface area contributed by atoms with Crippen molar-refractivity contribution in [3.63, 3.8) is 0 Å². The molecule has 8 heteroatoms. The second-order valence-corrected chi connectivity index (χ2v) is 6.44. The fourth-order valence-electron chi connectivity index (χ4n) is 3.19.